The van der Waals surface area contributed by atoms with Gasteiger partial charge in [-0.3, -0.25) is 4.79 Å². The Hall–Kier alpha value is -2.79. The van der Waals surface area contributed by atoms with Crippen molar-refractivity contribution >= 4 is 32.9 Å². The maximum Gasteiger partial charge on any atom is 0.222 e. The first-order valence-corrected chi connectivity index (χ1v) is 13.1. The van der Waals surface area contributed by atoms with E-state index in [4.69, 9.17) is 19.2 Å². The molecule has 1 aliphatic rings. The minimum Gasteiger partial charge on any atom is -0.493 e. The van der Waals surface area contributed by atoms with E-state index in [0.29, 0.717) is 37.8 Å². The average Bonchev–Trinajstić information content (AvgIpc) is 3.44. The second-order valence-corrected chi connectivity index (χ2v) is 10.8. The van der Waals surface area contributed by atoms with Crippen LogP contribution in [0.25, 0.3) is 22.2 Å². The lowest BCUT2D eigenvalue weighted by Crippen LogP contribution is -2.30. The van der Waals surface area contributed by atoms with Gasteiger partial charge in [-0.25, -0.2) is 9.97 Å². The molecule has 3 aromatic heterocycles. The van der Waals surface area contributed by atoms with E-state index in [2.05, 4.69) is 10.3 Å². The third-order valence-corrected chi connectivity index (χ3v) is 8.31. The van der Waals surface area contributed by atoms with Gasteiger partial charge < -0.3 is 29.2 Å². The van der Waals surface area contributed by atoms with Gasteiger partial charge in [-0.1, -0.05) is 0 Å². The van der Waals surface area contributed by atoms with Gasteiger partial charge in [0.25, 0.3) is 0 Å². The lowest BCUT2D eigenvalue weighted by Gasteiger charge is -2.26. The molecular weight excluding hydrogens is 464 g/mol. The number of anilines is 1. The molecule has 3 aromatic rings. The highest BCUT2D eigenvalue weighted by molar-refractivity contribution is 6.12. The molecule has 10 heteroatoms. The minimum absolute atomic E-state index is 0.178. The maximum atomic E-state index is 11.6. The molecule has 0 aromatic carbocycles. The number of aliphatic hydroxyl groups is 1. The summed E-state index contributed by atoms with van der Waals surface area (Å²) in [6.07, 6.45) is 4.91. The predicted molar refractivity (Wildman–Crippen MR) is 138 cm³/mol. The molecule has 1 saturated heterocycles. The van der Waals surface area contributed by atoms with Gasteiger partial charge in [0.1, 0.15) is 17.2 Å². The Morgan fingerprint density at radius 3 is 2.86 bits per heavy atom. The van der Waals surface area contributed by atoms with Gasteiger partial charge in [-0.2, -0.15) is 0 Å². The van der Waals surface area contributed by atoms with Crippen LogP contribution in [0.5, 0.6) is 5.75 Å². The molecule has 2 N–H and O–H groups in total. The summed E-state index contributed by atoms with van der Waals surface area (Å²) < 4.78 is 19.8. The number of aryl methyl sites for hydroxylation is 1. The number of ether oxygens (including phenoxy) is 3. The SMILES string of the molecule is CO[C@@]1(c2cc(OCCC([SiH3])[C@H](C)O)cc(-c3cn(C)c4cnc(NC(C)=O)cc34)n2)CCOC1. The van der Waals surface area contributed by atoms with Crippen LogP contribution >= 0.6 is 0 Å². The van der Waals surface area contributed by atoms with Crippen molar-refractivity contribution in [1.82, 2.24) is 14.5 Å². The number of carbonyl (C=O) groups excluding carboxylic acids is 1. The van der Waals surface area contributed by atoms with Crippen LogP contribution in [0.3, 0.4) is 0 Å². The van der Waals surface area contributed by atoms with Crippen LogP contribution in [-0.2, 0) is 26.9 Å². The fraction of sp³-hybridized carbons (Fsp3) is 0.480. The molecule has 4 heterocycles. The van der Waals surface area contributed by atoms with Gasteiger partial charge in [0.15, 0.2) is 0 Å². The molecule has 0 radical (unpaired) electrons. The highest BCUT2D eigenvalue weighted by Crippen LogP contribution is 2.38. The van der Waals surface area contributed by atoms with Crippen molar-refractivity contribution < 1.29 is 24.1 Å². The summed E-state index contributed by atoms with van der Waals surface area (Å²) in [5, 5.41) is 13.5. The number of amides is 1. The van der Waals surface area contributed by atoms with E-state index < -0.39 is 5.60 Å². The third-order valence-electron chi connectivity index (χ3n) is 6.76. The van der Waals surface area contributed by atoms with Gasteiger partial charge in [-0.15, -0.1) is 0 Å². The van der Waals surface area contributed by atoms with Gasteiger partial charge in [0.2, 0.25) is 5.91 Å². The van der Waals surface area contributed by atoms with Crippen LogP contribution in [0.2, 0.25) is 5.54 Å². The number of carbonyl (C=O) groups is 1. The van der Waals surface area contributed by atoms with Gasteiger partial charge in [0, 0.05) is 73.6 Å². The molecule has 0 aliphatic carbocycles. The lowest BCUT2D eigenvalue weighted by molar-refractivity contribution is -0.114. The van der Waals surface area contributed by atoms with Crippen LogP contribution in [0.1, 0.15) is 32.4 Å². The topological polar surface area (TPSA) is 108 Å². The number of aliphatic hydroxyl groups excluding tert-OH is 1. The summed E-state index contributed by atoms with van der Waals surface area (Å²) in [6, 6.07) is 5.72. The quantitative estimate of drug-likeness (QED) is 0.435. The monoisotopic (exact) mass is 498 g/mol. The summed E-state index contributed by atoms with van der Waals surface area (Å²) in [4.78, 5) is 21.0. The highest BCUT2D eigenvalue weighted by atomic mass is 28.1. The Balaban J connectivity index is 1.78. The largest absolute Gasteiger partial charge is 0.493 e. The van der Waals surface area contributed by atoms with Crippen molar-refractivity contribution in [2.75, 3.05) is 32.2 Å². The van der Waals surface area contributed by atoms with E-state index in [0.717, 1.165) is 44.5 Å². The molecule has 3 atom stereocenters. The zero-order chi connectivity index (χ0) is 25.2. The van der Waals surface area contributed by atoms with Gasteiger partial charge in [-0.05, 0) is 25.0 Å². The Labute approximate surface area is 208 Å². The smallest absolute Gasteiger partial charge is 0.222 e. The van der Waals surface area contributed by atoms with E-state index in [-0.39, 0.29) is 17.6 Å². The van der Waals surface area contributed by atoms with E-state index >= 15 is 0 Å². The zero-order valence-electron chi connectivity index (χ0n) is 21.0. The molecule has 0 spiro atoms. The Morgan fingerprint density at radius 2 is 2.20 bits per heavy atom. The van der Waals surface area contributed by atoms with E-state index in [9.17, 15) is 9.90 Å². The van der Waals surface area contributed by atoms with Crippen molar-refractivity contribution in [1.29, 1.82) is 0 Å². The summed E-state index contributed by atoms with van der Waals surface area (Å²) in [5.74, 6) is 1.00. The standard InChI is InChI=1S/C25H34N4O5Si/c1-15(30)22(35)5-7-34-17-9-20(28-23(10-17)25(32-4)6-8-33-14-25)19-13-29(3)21-12-26-24(11-18(19)21)27-16(2)31/h9-13,15,22,30H,5-8,14H2,1-4,35H3,(H,26,27,31)/t15-,22?,25-/m0/s1. The first kappa shape index (κ1) is 25.3. The molecule has 35 heavy (non-hydrogen) atoms. The van der Waals surface area contributed by atoms with Crippen LogP contribution in [0.4, 0.5) is 5.82 Å². The van der Waals surface area contributed by atoms with E-state index in [1.807, 2.05) is 42.9 Å². The second-order valence-electron chi connectivity index (χ2n) is 9.35. The van der Waals surface area contributed by atoms with Crippen LogP contribution in [0.15, 0.2) is 30.6 Å². The lowest BCUT2D eigenvalue weighted by atomic mass is 9.96. The zero-order valence-corrected chi connectivity index (χ0v) is 23.0. The van der Waals surface area contributed by atoms with Crippen molar-refractivity contribution in [3.05, 3.63) is 36.3 Å². The normalized spacial score (nSPS) is 19.7. The minimum atomic E-state index is -0.637. The number of hydrogen-bond donors (Lipinski definition) is 2. The summed E-state index contributed by atoms with van der Waals surface area (Å²) in [5.41, 5.74) is 2.95. The van der Waals surface area contributed by atoms with E-state index in [1.165, 1.54) is 6.92 Å². The first-order chi connectivity index (χ1) is 16.7. The summed E-state index contributed by atoms with van der Waals surface area (Å²) in [7, 11) is 4.54. The third kappa shape index (κ3) is 5.40. The number of hydrogen-bond acceptors (Lipinski definition) is 7. The second kappa shape index (κ2) is 10.4. The fourth-order valence-electron chi connectivity index (χ4n) is 4.31. The van der Waals surface area contributed by atoms with Crippen molar-refractivity contribution in [2.45, 2.75) is 43.9 Å². The molecule has 1 unspecified atom stereocenters. The molecule has 1 aliphatic heterocycles. The molecule has 1 amide bonds. The number of pyridine rings is 2. The average molecular weight is 499 g/mol. The van der Waals surface area contributed by atoms with Crippen molar-refractivity contribution in [2.24, 2.45) is 7.05 Å². The van der Waals surface area contributed by atoms with Gasteiger partial charge in [0.05, 0.1) is 42.4 Å². The number of nitrogens with zero attached hydrogens (tertiary/aromatic N) is 3. The molecule has 0 bridgehead atoms. The molecule has 4 rings (SSSR count). The Bertz CT molecular complexity index is 1210. The number of aromatic nitrogens is 3. The van der Waals surface area contributed by atoms with Gasteiger partial charge >= 0.3 is 0 Å². The molecule has 188 valence electrons. The number of fused-ring (bicyclic) bond motifs is 1. The number of rotatable bonds is 9. The van der Waals surface area contributed by atoms with Crippen molar-refractivity contribution in [3.63, 3.8) is 0 Å². The Kier molecular flexibility index (Phi) is 7.55. The molecular formula is C25H34N4O5Si. The Morgan fingerprint density at radius 1 is 1.40 bits per heavy atom. The fourth-order valence-corrected chi connectivity index (χ4v) is 4.54. The molecule has 1 fully saturated rings. The molecule has 0 saturated carbocycles. The van der Waals surface area contributed by atoms with Crippen LogP contribution in [0, 0.1) is 0 Å². The maximum absolute atomic E-state index is 11.6. The number of methoxy groups -OCH3 is 1. The molecule has 9 nitrogen and oxygen atoms in total. The predicted octanol–water partition coefficient (Wildman–Crippen LogP) is 2.16. The summed E-state index contributed by atoms with van der Waals surface area (Å²) in [6.45, 7) is 4.82. The van der Waals surface area contributed by atoms with Crippen LogP contribution < -0.4 is 10.1 Å². The number of nitrogens with one attached hydrogen (secondary N) is 1. The van der Waals surface area contributed by atoms with Crippen molar-refractivity contribution in [3.8, 4) is 17.0 Å². The summed E-state index contributed by atoms with van der Waals surface area (Å²) >= 11 is 0. The first-order valence-electron chi connectivity index (χ1n) is 11.9. The van der Waals surface area contributed by atoms with E-state index in [1.54, 1.807) is 13.3 Å². The van der Waals surface area contributed by atoms with Crippen LogP contribution in [-0.4, -0.2) is 68.8 Å². The highest BCUT2D eigenvalue weighted by Gasteiger charge is 2.39.